The maximum atomic E-state index is 13.6. The van der Waals surface area contributed by atoms with Crippen molar-refractivity contribution in [2.24, 2.45) is 0 Å². The van der Waals surface area contributed by atoms with Crippen LogP contribution in [0.2, 0.25) is 0 Å². The van der Waals surface area contributed by atoms with Crippen LogP contribution in [0.3, 0.4) is 0 Å². The number of hydrogen-bond donors (Lipinski definition) is 1. The normalized spacial score (nSPS) is 12.1. The van der Waals surface area contributed by atoms with Gasteiger partial charge in [-0.3, -0.25) is 14.2 Å². The molecule has 0 aliphatic carbocycles. The number of carbonyl (C=O) groups is 1. The van der Waals surface area contributed by atoms with Gasteiger partial charge in [-0.1, -0.05) is 17.3 Å². The van der Waals surface area contributed by atoms with E-state index >= 15 is 0 Å². The van der Waals surface area contributed by atoms with Crippen molar-refractivity contribution in [2.75, 3.05) is 0 Å². The van der Waals surface area contributed by atoms with E-state index in [1.165, 1.54) is 34.9 Å². The molecule has 42 heavy (non-hydrogen) atoms. The zero-order valence-electron chi connectivity index (χ0n) is 22.5. The highest BCUT2D eigenvalue weighted by atomic mass is 19.2. The van der Waals surface area contributed by atoms with Crippen molar-refractivity contribution < 1.29 is 32.3 Å². The molecule has 3 aromatic carbocycles. The van der Waals surface area contributed by atoms with Crippen molar-refractivity contribution in [1.82, 2.24) is 14.7 Å². The first-order valence-electron chi connectivity index (χ1n) is 13.3. The van der Waals surface area contributed by atoms with Gasteiger partial charge in [-0.15, -0.1) is 0 Å². The molecule has 0 aliphatic heterocycles. The summed E-state index contributed by atoms with van der Waals surface area (Å²) in [5.41, 5.74) is 2.09. The molecule has 0 radical (unpaired) electrons. The van der Waals surface area contributed by atoms with E-state index in [0.29, 0.717) is 64.3 Å². The van der Waals surface area contributed by atoms with Gasteiger partial charge in [-0.2, -0.15) is 0 Å². The standard InChI is InChI=1S/C31H26F3N3O5/c1-18(41-17-19-6-13-24(33)25(34)14-19)28-16-26(36-42-28)20-7-12-23-27(15-20)35-29(4-2-3-5-30(38)39)37(31(23)40)22-10-8-21(32)9-11-22/h6-16,18H,2-5,17H2,1H3,(H,38,39)/t18-/m1/s1. The number of aryl methyl sites for hydroxylation is 1. The maximum Gasteiger partial charge on any atom is 0.303 e. The highest BCUT2D eigenvalue weighted by molar-refractivity contribution is 5.83. The summed E-state index contributed by atoms with van der Waals surface area (Å²) >= 11 is 0. The molecule has 0 amide bonds. The Labute approximate surface area is 238 Å². The van der Waals surface area contributed by atoms with E-state index in [2.05, 4.69) is 5.16 Å². The lowest BCUT2D eigenvalue weighted by molar-refractivity contribution is -0.137. The van der Waals surface area contributed by atoms with Gasteiger partial charge >= 0.3 is 5.97 Å². The summed E-state index contributed by atoms with van der Waals surface area (Å²) in [6.45, 7) is 1.77. The van der Waals surface area contributed by atoms with Gasteiger partial charge in [0.2, 0.25) is 0 Å². The largest absolute Gasteiger partial charge is 0.481 e. The molecule has 0 saturated carbocycles. The third-order valence-electron chi connectivity index (χ3n) is 6.77. The number of carboxylic acid groups (broad SMARTS) is 1. The van der Waals surface area contributed by atoms with E-state index in [9.17, 15) is 22.8 Å². The molecule has 0 fully saturated rings. The second kappa shape index (κ2) is 12.4. The smallest absolute Gasteiger partial charge is 0.303 e. The minimum Gasteiger partial charge on any atom is -0.481 e. The van der Waals surface area contributed by atoms with Crippen molar-refractivity contribution in [2.45, 2.75) is 45.3 Å². The first-order chi connectivity index (χ1) is 20.2. The van der Waals surface area contributed by atoms with Gasteiger partial charge in [-0.25, -0.2) is 18.2 Å². The lowest BCUT2D eigenvalue weighted by Gasteiger charge is -2.14. The number of halogens is 3. The lowest BCUT2D eigenvalue weighted by Crippen LogP contribution is -2.24. The Morgan fingerprint density at radius 2 is 1.79 bits per heavy atom. The molecule has 216 valence electrons. The van der Waals surface area contributed by atoms with E-state index in [4.69, 9.17) is 19.4 Å². The number of ether oxygens (including phenoxy) is 1. The highest BCUT2D eigenvalue weighted by Crippen LogP contribution is 2.27. The van der Waals surface area contributed by atoms with Crippen LogP contribution in [-0.4, -0.2) is 25.8 Å². The highest BCUT2D eigenvalue weighted by Gasteiger charge is 2.18. The van der Waals surface area contributed by atoms with Gasteiger partial charge in [-0.05, 0) is 73.9 Å². The zero-order chi connectivity index (χ0) is 29.8. The predicted octanol–water partition coefficient (Wildman–Crippen LogP) is 6.53. The third-order valence-corrected chi connectivity index (χ3v) is 6.77. The van der Waals surface area contributed by atoms with Crippen LogP contribution in [0, 0.1) is 17.5 Å². The quantitative estimate of drug-likeness (QED) is 0.178. The van der Waals surface area contributed by atoms with Gasteiger partial charge in [0, 0.05) is 24.5 Å². The van der Waals surface area contributed by atoms with E-state index in [0.717, 1.165) is 12.1 Å². The van der Waals surface area contributed by atoms with Crippen molar-refractivity contribution in [3.8, 4) is 16.9 Å². The van der Waals surface area contributed by atoms with Crippen LogP contribution in [0.5, 0.6) is 0 Å². The fraction of sp³-hybridized carbons (Fsp3) is 0.226. The van der Waals surface area contributed by atoms with Crippen LogP contribution in [-0.2, 0) is 22.6 Å². The van der Waals surface area contributed by atoms with Gasteiger partial charge in [0.05, 0.1) is 23.2 Å². The SMILES string of the molecule is C[C@@H](OCc1ccc(F)c(F)c1)c1cc(-c2ccc3c(=O)n(-c4ccc(F)cc4)c(CCCCC(=O)O)nc3c2)no1. The first-order valence-corrected chi connectivity index (χ1v) is 13.3. The van der Waals surface area contributed by atoms with Gasteiger partial charge < -0.3 is 14.4 Å². The molecule has 1 atom stereocenters. The average molecular weight is 578 g/mol. The molecule has 0 aliphatic rings. The number of hydrogen-bond acceptors (Lipinski definition) is 6. The monoisotopic (exact) mass is 577 g/mol. The van der Waals surface area contributed by atoms with Crippen LogP contribution < -0.4 is 5.56 Å². The van der Waals surface area contributed by atoms with Crippen LogP contribution in [0.4, 0.5) is 13.2 Å². The van der Waals surface area contributed by atoms with Crippen LogP contribution in [0.1, 0.15) is 49.4 Å². The molecule has 0 unspecified atom stereocenters. The summed E-state index contributed by atoms with van der Waals surface area (Å²) in [4.78, 5) is 29.3. The van der Waals surface area contributed by atoms with E-state index < -0.39 is 29.5 Å². The van der Waals surface area contributed by atoms with E-state index in [1.54, 1.807) is 31.2 Å². The fourth-order valence-electron chi connectivity index (χ4n) is 4.52. The number of nitrogens with zero attached hydrogens (tertiary/aromatic N) is 3. The fourth-order valence-corrected chi connectivity index (χ4v) is 4.52. The Hall–Kier alpha value is -4.77. The topological polar surface area (TPSA) is 107 Å². The Balaban J connectivity index is 1.42. The lowest BCUT2D eigenvalue weighted by atomic mass is 10.1. The summed E-state index contributed by atoms with van der Waals surface area (Å²) < 4.78 is 52.9. The zero-order valence-corrected chi connectivity index (χ0v) is 22.5. The summed E-state index contributed by atoms with van der Waals surface area (Å²) in [6, 6.07) is 15.8. The number of benzene rings is 3. The van der Waals surface area contributed by atoms with Crippen molar-refractivity contribution in [3.05, 3.63) is 112 Å². The number of carboxylic acids is 1. The second-order valence-corrected chi connectivity index (χ2v) is 9.79. The van der Waals surface area contributed by atoms with Crippen molar-refractivity contribution in [1.29, 1.82) is 0 Å². The van der Waals surface area contributed by atoms with Crippen molar-refractivity contribution >= 4 is 16.9 Å². The Morgan fingerprint density at radius 1 is 1.00 bits per heavy atom. The number of aromatic nitrogens is 3. The molecule has 0 spiro atoms. The maximum absolute atomic E-state index is 13.6. The van der Waals surface area contributed by atoms with Gasteiger partial charge in [0.15, 0.2) is 17.4 Å². The molecule has 11 heteroatoms. The van der Waals surface area contributed by atoms with Crippen LogP contribution in [0.15, 0.2) is 76.0 Å². The summed E-state index contributed by atoms with van der Waals surface area (Å²) in [5.74, 6) is -2.41. The van der Waals surface area contributed by atoms with Crippen LogP contribution >= 0.6 is 0 Å². The third kappa shape index (κ3) is 6.41. The summed E-state index contributed by atoms with van der Waals surface area (Å²) in [7, 11) is 0. The molecular weight excluding hydrogens is 551 g/mol. The molecular formula is C31H26F3N3O5. The molecule has 5 rings (SSSR count). The summed E-state index contributed by atoms with van der Waals surface area (Å²) in [5, 5.41) is 13.4. The number of fused-ring (bicyclic) bond motifs is 1. The molecule has 8 nitrogen and oxygen atoms in total. The minimum atomic E-state index is -0.955. The Kier molecular flexibility index (Phi) is 8.48. The predicted molar refractivity (Wildman–Crippen MR) is 148 cm³/mol. The van der Waals surface area contributed by atoms with Gasteiger partial charge in [0.25, 0.3) is 5.56 Å². The molecule has 5 aromatic rings. The van der Waals surface area contributed by atoms with E-state index in [1.807, 2.05) is 0 Å². The first kappa shape index (κ1) is 28.7. The minimum absolute atomic E-state index is 0.00404. The van der Waals surface area contributed by atoms with Crippen molar-refractivity contribution in [3.63, 3.8) is 0 Å². The molecule has 0 saturated heterocycles. The Bertz CT molecular complexity index is 1800. The summed E-state index contributed by atoms with van der Waals surface area (Å²) in [6.07, 6.45) is 0.681. The molecule has 2 heterocycles. The second-order valence-electron chi connectivity index (χ2n) is 9.79. The Morgan fingerprint density at radius 3 is 2.52 bits per heavy atom. The molecule has 1 N–H and O–H groups in total. The van der Waals surface area contributed by atoms with E-state index in [-0.39, 0.29) is 18.6 Å². The number of unbranched alkanes of at least 4 members (excludes halogenated alkanes) is 1. The molecule has 0 bridgehead atoms. The average Bonchev–Trinajstić information content (AvgIpc) is 3.47. The number of aliphatic carboxylic acids is 1. The number of rotatable bonds is 11. The van der Waals surface area contributed by atoms with Crippen LogP contribution in [0.25, 0.3) is 27.8 Å². The molecule has 2 aromatic heterocycles. The van der Waals surface area contributed by atoms with Gasteiger partial charge in [0.1, 0.15) is 23.4 Å².